The number of carbonyl (C=O) groups is 1. The number of hydrogen-bond donors (Lipinski definition) is 1. The second kappa shape index (κ2) is 6.63. The average molecular weight is 335 g/mol. The number of sulfone groups is 1. The fourth-order valence-electron chi connectivity index (χ4n) is 1.72. The summed E-state index contributed by atoms with van der Waals surface area (Å²) in [6.07, 6.45) is 1.08. The van der Waals surface area contributed by atoms with Gasteiger partial charge in [-0.1, -0.05) is 0 Å². The molecule has 9 heteroatoms. The Morgan fingerprint density at radius 1 is 1.29 bits per heavy atom. The number of anilines is 2. The molecule has 7 nitrogen and oxygen atoms in total. The van der Waals surface area contributed by atoms with Crippen LogP contribution in [0.3, 0.4) is 0 Å². The average Bonchev–Trinajstić information content (AvgIpc) is 2.72. The Bertz CT molecular complexity index is 623. The maximum absolute atomic E-state index is 12.0. The van der Waals surface area contributed by atoms with Gasteiger partial charge in [-0.15, -0.1) is 11.3 Å². The maximum atomic E-state index is 12.0. The molecule has 0 saturated heterocycles. The fourth-order valence-corrected chi connectivity index (χ4v) is 4.36. The van der Waals surface area contributed by atoms with Gasteiger partial charge in [-0.2, -0.15) is 0 Å². The fraction of sp³-hybridized carbons (Fsp3) is 0.583. The second-order valence-corrected chi connectivity index (χ2v) is 7.92. The van der Waals surface area contributed by atoms with Gasteiger partial charge in [0.05, 0.1) is 12.8 Å². The minimum atomic E-state index is -3.55. The molecule has 0 atom stereocenters. The third-order valence-electron chi connectivity index (χ3n) is 2.85. The van der Waals surface area contributed by atoms with E-state index in [-0.39, 0.29) is 15.5 Å². The number of rotatable bonds is 6. The molecule has 0 radical (unpaired) electrons. The Morgan fingerprint density at radius 3 is 2.29 bits per heavy atom. The molecule has 0 fully saturated rings. The monoisotopic (exact) mass is 335 g/mol. The van der Waals surface area contributed by atoms with Gasteiger partial charge in [0, 0.05) is 26.4 Å². The summed E-state index contributed by atoms with van der Waals surface area (Å²) in [4.78, 5) is 15.6. The molecule has 0 aromatic carbocycles. The lowest BCUT2D eigenvalue weighted by Crippen LogP contribution is -2.28. The largest absolute Gasteiger partial charge is 0.465 e. The maximum Gasteiger partial charge on any atom is 0.350 e. The Kier molecular flexibility index (Phi) is 5.60. The molecule has 0 amide bonds. The van der Waals surface area contributed by atoms with Crippen LogP contribution < -0.4 is 10.6 Å². The van der Waals surface area contributed by atoms with E-state index in [1.807, 2.05) is 19.0 Å². The van der Waals surface area contributed by atoms with Gasteiger partial charge >= 0.3 is 5.97 Å². The highest BCUT2D eigenvalue weighted by Crippen LogP contribution is 2.41. The molecule has 1 heterocycles. The van der Waals surface area contributed by atoms with Gasteiger partial charge in [-0.05, 0) is 14.1 Å². The topological polar surface area (TPSA) is 92.9 Å². The van der Waals surface area contributed by atoms with Crippen molar-refractivity contribution >= 4 is 37.8 Å². The van der Waals surface area contributed by atoms with Crippen molar-refractivity contribution in [3.05, 3.63) is 4.88 Å². The Morgan fingerprint density at radius 2 is 1.86 bits per heavy atom. The van der Waals surface area contributed by atoms with Gasteiger partial charge in [-0.25, -0.2) is 13.2 Å². The Labute approximate surface area is 129 Å². The molecule has 0 aliphatic rings. The highest BCUT2D eigenvalue weighted by molar-refractivity contribution is 7.91. The summed E-state index contributed by atoms with van der Waals surface area (Å²) in [5, 5.41) is 0.456. The number of nitrogens with zero attached hydrogens (tertiary/aromatic N) is 2. The molecule has 21 heavy (non-hydrogen) atoms. The van der Waals surface area contributed by atoms with E-state index < -0.39 is 15.8 Å². The highest BCUT2D eigenvalue weighted by atomic mass is 32.2. The number of hydrogen-bond acceptors (Lipinski definition) is 8. The summed E-state index contributed by atoms with van der Waals surface area (Å²) in [7, 11) is 3.30. The quantitative estimate of drug-likeness (QED) is 0.757. The lowest BCUT2D eigenvalue weighted by atomic mass is 10.4. The number of methoxy groups -OCH3 is 1. The summed E-state index contributed by atoms with van der Waals surface area (Å²) in [5.41, 5.74) is 5.81. The Hall–Kier alpha value is -1.32. The number of esters is 1. The van der Waals surface area contributed by atoms with Crippen LogP contribution in [-0.2, 0) is 14.6 Å². The van der Waals surface area contributed by atoms with Crippen LogP contribution in [0.15, 0.2) is 4.90 Å². The van der Waals surface area contributed by atoms with Crippen LogP contribution in [0.4, 0.5) is 10.7 Å². The predicted octanol–water partition coefficient (Wildman–Crippen LogP) is 0.518. The van der Waals surface area contributed by atoms with Crippen molar-refractivity contribution in [2.75, 3.05) is 58.2 Å². The van der Waals surface area contributed by atoms with E-state index in [4.69, 9.17) is 5.73 Å². The first-order chi connectivity index (χ1) is 9.59. The van der Waals surface area contributed by atoms with Gasteiger partial charge in [0.1, 0.15) is 14.8 Å². The summed E-state index contributed by atoms with van der Waals surface area (Å²) in [6.45, 7) is 1.35. The van der Waals surface area contributed by atoms with Crippen LogP contribution in [0.25, 0.3) is 0 Å². The highest BCUT2D eigenvalue weighted by Gasteiger charge is 2.29. The van der Waals surface area contributed by atoms with Crippen molar-refractivity contribution < 1.29 is 17.9 Å². The molecule has 0 bridgehead atoms. The van der Waals surface area contributed by atoms with Gasteiger partial charge in [0.15, 0.2) is 9.84 Å². The van der Waals surface area contributed by atoms with Crippen LogP contribution in [0.1, 0.15) is 9.67 Å². The SMILES string of the molecule is COC(=O)c1sc(N(C)CCN(C)C)c(S(C)(=O)=O)c1N. The molecule has 2 N–H and O–H groups in total. The molecule has 0 spiro atoms. The summed E-state index contributed by atoms with van der Waals surface area (Å²) in [5.74, 6) is -0.630. The van der Waals surface area contributed by atoms with E-state index >= 15 is 0 Å². The molecular formula is C12H21N3O4S2. The second-order valence-electron chi connectivity index (χ2n) is 4.97. The van der Waals surface area contributed by atoms with Gasteiger partial charge in [0.25, 0.3) is 0 Å². The van der Waals surface area contributed by atoms with Crippen molar-refractivity contribution in [2.24, 2.45) is 0 Å². The zero-order chi connectivity index (χ0) is 16.4. The molecule has 1 rings (SSSR count). The van der Waals surface area contributed by atoms with Crippen molar-refractivity contribution in [3.8, 4) is 0 Å². The van der Waals surface area contributed by atoms with Crippen LogP contribution >= 0.6 is 11.3 Å². The molecule has 120 valence electrons. The van der Waals surface area contributed by atoms with E-state index in [1.165, 1.54) is 7.11 Å². The number of thiophene rings is 1. The normalized spacial score (nSPS) is 11.7. The van der Waals surface area contributed by atoms with E-state index in [0.717, 1.165) is 24.1 Å². The minimum absolute atomic E-state index is 0.00541. The summed E-state index contributed by atoms with van der Waals surface area (Å²) < 4.78 is 28.6. The standard InChI is InChI=1S/C12H21N3O4S2/c1-14(2)6-7-15(3)11-10(21(5,17)18)8(13)9(20-11)12(16)19-4/h6-7,13H2,1-5H3. The van der Waals surface area contributed by atoms with Crippen molar-refractivity contribution in [1.29, 1.82) is 0 Å². The molecular weight excluding hydrogens is 314 g/mol. The summed E-state index contributed by atoms with van der Waals surface area (Å²) >= 11 is 1.03. The smallest absolute Gasteiger partial charge is 0.350 e. The molecule has 0 aliphatic carbocycles. The lowest BCUT2D eigenvalue weighted by Gasteiger charge is -2.21. The van der Waals surface area contributed by atoms with Crippen LogP contribution in [-0.4, -0.2) is 66.9 Å². The van der Waals surface area contributed by atoms with E-state index in [9.17, 15) is 13.2 Å². The lowest BCUT2D eigenvalue weighted by molar-refractivity contribution is 0.0607. The first kappa shape index (κ1) is 17.7. The molecule has 1 aromatic heterocycles. The van der Waals surface area contributed by atoms with Gasteiger partial charge in [0.2, 0.25) is 0 Å². The predicted molar refractivity (Wildman–Crippen MR) is 85.0 cm³/mol. The molecule has 1 aromatic rings. The van der Waals surface area contributed by atoms with Crippen LogP contribution in [0.2, 0.25) is 0 Å². The van der Waals surface area contributed by atoms with E-state index in [0.29, 0.717) is 11.5 Å². The molecule has 0 unspecified atom stereocenters. The number of nitrogen functional groups attached to an aromatic ring is 1. The first-order valence-electron chi connectivity index (χ1n) is 6.16. The van der Waals surface area contributed by atoms with Crippen LogP contribution in [0.5, 0.6) is 0 Å². The first-order valence-corrected chi connectivity index (χ1v) is 8.86. The zero-order valence-corrected chi connectivity index (χ0v) is 14.5. The van der Waals surface area contributed by atoms with Gasteiger partial charge in [-0.3, -0.25) is 0 Å². The third kappa shape index (κ3) is 4.08. The molecule has 0 aliphatic heterocycles. The van der Waals surface area contributed by atoms with Crippen molar-refractivity contribution in [1.82, 2.24) is 4.90 Å². The van der Waals surface area contributed by atoms with E-state index in [1.54, 1.807) is 11.9 Å². The minimum Gasteiger partial charge on any atom is -0.465 e. The number of carbonyl (C=O) groups excluding carboxylic acids is 1. The van der Waals surface area contributed by atoms with E-state index in [2.05, 4.69) is 4.74 Å². The third-order valence-corrected chi connectivity index (χ3v) is 5.44. The van der Waals surface area contributed by atoms with Crippen molar-refractivity contribution in [2.45, 2.75) is 4.90 Å². The zero-order valence-electron chi connectivity index (χ0n) is 12.8. The van der Waals surface area contributed by atoms with Crippen LogP contribution in [0, 0.1) is 0 Å². The number of nitrogens with two attached hydrogens (primary N) is 1. The molecule has 0 saturated carbocycles. The summed E-state index contributed by atoms with van der Waals surface area (Å²) in [6, 6.07) is 0. The Balaban J connectivity index is 3.33. The number of ether oxygens (including phenoxy) is 1. The van der Waals surface area contributed by atoms with Crippen molar-refractivity contribution in [3.63, 3.8) is 0 Å². The number of likely N-dealkylation sites (N-methyl/N-ethyl adjacent to an activating group) is 2. The van der Waals surface area contributed by atoms with Gasteiger partial charge < -0.3 is 20.3 Å².